The van der Waals surface area contributed by atoms with Crippen LogP contribution in [0.3, 0.4) is 0 Å². The van der Waals surface area contributed by atoms with E-state index in [4.69, 9.17) is 5.73 Å². The molecule has 2 rings (SSSR count). The monoisotopic (exact) mass is 228 g/mol. The van der Waals surface area contributed by atoms with Crippen molar-refractivity contribution in [3.05, 3.63) is 48.0 Å². The Morgan fingerprint density at radius 3 is 2.35 bits per heavy atom. The van der Waals surface area contributed by atoms with E-state index >= 15 is 0 Å². The average Bonchev–Trinajstić information content (AvgIpc) is 2.37. The Morgan fingerprint density at radius 2 is 1.71 bits per heavy atom. The molecule has 2 aromatic carbocycles. The van der Waals surface area contributed by atoms with Gasteiger partial charge in [-0.05, 0) is 43.3 Å². The molecule has 2 nitrogen and oxygen atoms in total. The van der Waals surface area contributed by atoms with Crippen molar-refractivity contribution in [1.82, 2.24) is 5.32 Å². The second-order valence-electron chi connectivity index (χ2n) is 5.06. The van der Waals surface area contributed by atoms with Crippen molar-refractivity contribution in [2.75, 3.05) is 7.05 Å². The van der Waals surface area contributed by atoms with Crippen LogP contribution in [-0.4, -0.2) is 12.6 Å². The molecule has 3 N–H and O–H groups in total. The van der Waals surface area contributed by atoms with Crippen LogP contribution in [0.4, 0.5) is 0 Å². The van der Waals surface area contributed by atoms with E-state index in [0.717, 1.165) is 0 Å². The molecule has 0 aliphatic heterocycles. The summed E-state index contributed by atoms with van der Waals surface area (Å²) in [5.74, 6) is 0. The van der Waals surface area contributed by atoms with E-state index in [-0.39, 0.29) is 11.6 Å². The third kappa shape index (κ3) is 2.33. The zero-order valence-electron chi connectivity index (χ0n) is 10.7. The maximum Gasteiger partial charge on any atom is 0.0474 e. The number of hydrogen-bond acceptors (Lipinski definition) is 2. The smallest absolute Gasteiger partial charge is 0.0474 e. The topological polar surface area (TPSA) is 38.0 Å². The maximum atomic E-state index is 6.31. The van der Waals surface area contributed by atoms with Gasteiger partial charge < -0.3 is 11.1 Å². The van der Waals surface area contributed by atoms with Crippen molar-refractivity contribution in [3.63, 3.8) is 0 Å². The minimum atomic E-state index is -0.109. The van der Waals surface area contributed by atoms with Crippen molar-refractivity contribution in [1.29, 1.82) is 0 Å². The normalized spacial score (nSPS) is 13.9. The molecule has 0 heterocycles. The number of nitrogens with two attached hydrogens (primary N) is 1. The van der Waals surface area contributed by atoms with Crippen LogP contribution in [0, 0.1) is 0 Å². The summed E-state index contributed by atoms with van der Waals surface area (Å²) >= 11 is 0. The van der Waals surface area contributed by atoms with Gasteiger partial charge in [0.1, 0.15) is 0 Å². The van der Waals surface area contributed by atoms with Crippen LogP contribution in [0.5, 0.6) is 0 Å². The van der Waals surface area contributed by atoms with E-state index in [1.54, 1.807) is 0 Å². The molecule has 1 atom stereocenters. The van der Waals surface area contributed by atoms with Crippen LogP contribution in [0.2, 0.25) is 0 Å². The van der Waals surface area contributed by atoms with Crippen LogP contribution >= 0.6 is 0 Å². The zero-order valence-corrected chi connectivity index (χ0v) is 10.7. The third-order valence-corrected chi connectivity index (χ3v) is 3.55. The molecule has 2 heteroatoms. The summed E-state index contributed by atoms with van der Waals surface area (Å²) in [7, 11) is 1.95. The number of fused-ring (bicyclic) bond motifs is 1. The molecule has 17 heavy (non-hydrogen) atoms. The Hall–Kier alpha value is -1.38. The van der Waals surface area contributed by atoms with E-state index in [1.165, 1.54) is 16.3 Å². The SMILES string of the molecule is CNC(C)(C)C(N)c1ccc2ccccc2c1. The number of benzene rings is 2. The fourth-order valence-electron chi connectivity index (χ4n) is 1.97. The summed E-state index contributed by atoms with van der Waals surface area (Å²) in [6.07, 6.45) is 0. The molecule has 90 valence electrons. The minimum Gasteiger partial charge on any atom is -0.322 e. The van der Waals surface area contributed by atoms with E-state index < -0.39 is 0 Å². The Labute approximate surface area is 103 Å². The Bertz CT molecular complexity index is 517. The lowest BCUT2D eigenvalue weighted by Gasteiger charge is -2.31. The predicted octanol–water partition coefficient (Wildman–Crippen LogP) is 2.84. The lowest BCUT2D eigenvalue weighted by atomic mass is 9.88. The van der Waals surface area contributed by atoms with Gasteiger partial charge >= 0.3 is 0 Å². The molecular formula is C15H20N2. The van der Waals surface area contributed by atoms with Gasteiger partial charge in [0.05, 0.1) is 0 Å². The van der Waals surface area contributed by atoms with Crippen molar-refractivity contribution >= 4 is 10.8 Å². The number of likely N-dealkylation sites (N-methyl/N-ethyl adjacent to an activating group) is 1. The van der Waals surface area contributed by atoms with E-state index in [0.29, 0.717) is 0 Å². The van der Waals surface area contributed by atoms with Crippen molar-refractivity contribution in [2.45, 2.75) is 25.4 Å². The standard InChI is InChI=1S/C15H20N2/c1-15(2,17-3)14(16)13-9-8-11-6-4-5-7-12(11)10-13/h4-10,14,17H,16H2,1-3H3. The van der Waals surface area contributed by atoms with Crippen molar-refractivity contribution in [3.8, 4) is 0 Å². The van der Waals surface area contributed by atoms with E-state index in [2.05, 4.69) is 61.6 Å². The minimum absolute atomic E-state index is 0.0166. The van der Waals surface area contributed by atoms with Gasteiger partial charge in [-0.15, -0.1) is 0 Å². The number of nitrogens with one attached hydrogen (secondary N) is 1. The average molecular weight is 228 g/mol. The third-order valence-electron chi connectivity index (χ3n) is 3.55. The Balaban J connectivity index is 2.43. The molecular weight excluding hydrogens is 208 g/mol. The summed E-state index contributed by atoms with van der Waals surface area (Å²) < 4.78 is 0. The second kappa shape index (κ2) is 4.47. The molecule has 0 saturated carbocycles. The first-order valence-electron chi connectivity index (χ1n) is 5.98. The van der Waals surface area contributed by atoms with Gasteiger partial charge in [0.25, 0.3) is 0 Å². The van der Waals surface area contributed by atoms with E-state index in [9.17, 15) is 0 Å². The number of hydrogen-bond donors (Lipinski definition) is 2. The summed E-state index contributed by atoms with van der Waals surface area (Å²) in [5.41, 5.74) is 7.37. The zero-order chi connectivity index (χ0) is 12.5. The molecule has 0 aliphatic carbocycles. The van der Waals surface area contributed by atoms with Gasteiger partial charge in [-0.3, -0.25) is 0 Å². The highest BCUT2D eigenvalue weighted by Crippen LogP contribution is 2.25. The summed E-state index contributed by atoms with van der Waals surface area (Å²) in [6, 6.07) is 14.8. The first-order chi connectivity index (χ1) is 8.04. The van der Waals surface area contributed by atoms with E-state index in [1.807, 2.05) is 7.05 Å². The van der Waals surface area contributed by atoms with Gasteiger partial charge in [0, 0.05) is 11.6 Å². The van der Waals surface area contributed by atoms with Crippen LogP contribution < -0.4 is 11.1 Å². The van der Waals surface area contributed by atoms with Crippen molar-refractivity contribution in [2.24, 2.45) is 5.73 Å². The molecule has 0 aromatic heterocycles. The lowest BCUT2D eigenvalue weighted by Crippen LogP contribution is -2.46. The molecule has 0 radical (unpaired) electrons. The number of rotatable bonds is 3. The van der Waals surface area contributed by atoms with Gasteiger partial charge in [-0.25, -0.2) is 0 Å². The first kappa shape index (κ1) is 12.1. The predicted molar refractivity (Wildman–Crippen MR) is 74.0 cm³/mol. The lowest BCUT2D eigenvalue weighted by molar-refractivity contribution is 0.349. The molecule has 0 spiro atoms. The second-order valence-corrected chi connectivity index (χ2v) is 5.06. The molecule has 2 aromatic rings. The molecule has 0 saturated heterocycles. The summed E-state index contributed by atoms with van der Waals surface area (Å²) in [5, 5.41) is 5.76. The van der Waals surface area contributed by atoms with Crippen LogP contribution in [-0.2, 0) is 0 Å². The maximum absolute atomic E-state index is 6.31. The highest BCUT2D eigenvalue weighted by Gasteiger charge is 2.25. The molecule has 1 unspecified atom stereocenters. The quantitative estimate of drug-likeness (QED) is 0.847. The summed E-state index contributed by atoms with van der Waals surface area (Å²) in [6.45, 7) is 4.24. The van der Waals surface area contributed by atoms with Crippen LogP contribution in [0.25, 0.3) is 10.8 Å². The highest BCUT2D eigenvalue weighted by atomic mass is 15.0. The van der Waals surface area contributed by atoms with Gasteiger partial charge in [0.15, 0.2) is 0 Å². The summed E-state index contributed by atoms with van der Waals surface area (Å²) in [4.78, 5) is 0. The van der Waals surface area contributed by atoms with Crippen LogP contribution in [0.1, 0.15) is 25.5 Å². The van der Waals surface area contributed by atoms with Gasteiger partial charge in [-0.1, -0.05) is 36.4 Å². The largest absolute Gasteiger partial charge is 0.322 e. The Morgan fingerprint density at radius 1 is 1.06 bits per heavy atom. The fourth-order valence-corrected chi connectivity index (χ4v) is 1.97. The Kier molecular flexibility index (Phi) is 3.18. The van der Waals surface area contributed by atoms with Crippen molar-refractivity contribution < 1.29 is 0 Å². The van der Waals surface area contributed by atoms with Gasteiger partial charge in [0.2, 0.25) is 0 Å². The fraction of sp³-hybridized carbons (Fsp3) is 0.333. The van der Waals surface area contributed by atoms with Crippen LogP contribution in [0.15, 0.2) is 42.5 Å². The molecule has 0 aliphatic rings. The molecule has 0 amide bonds. The first-order valence-corrected chi connectivity index (χ1v) is 5.98. The molecule has 0 fully saturated rings. The molecule has 0 bridgehead atoms. The van der Waals surface area contributed by atoms with Gasteiger partial charge in [-0.2, -0.15) is 0 Å². The highest BCUT2D eigenvalue weighted by molar-refractivity contribution is 5.83.